The van der Waals surface area contributed by atoms with Crippen molar-refractivity contribution in [2.24, 2.45) is 0 Å². The van der Waals surface area contributed by atoms with Crippen LogP contribution in [-0.2, 0) is 0 Å². The molecule has 2 aromatic heterocycles. The van der Waals surface area contributed by atoms with Crippen LogP contribution >= 0.6 is 0 Å². The highest BCUT2D eigenvalue weighted by atomic mass is 16.7. The fraction of sp³-hybridized carbons (Fsp3) is 0.0769. The molecule has 8 aromatic rings. The summed E-state index contributed by atoms with van der Waals surface area (Å²) in [7, 11) is 0. The lowest BCUT2D eigenvalue weighted by Gasteiger charge is -2.25. The van der Waals surface area contributed by atoms with Crippen molar-refractivity contribution >= 4 is 43.9 Å². The van der Waals surface area contributed by atoms with E-state index in [-0.39, 0.29) is 0 Å². The fourth-order valence-electron chi connectivity index (χ4n) is 6.48. The van der Waals surface area contributed by atoms with Crippen LogP contribution in [0.5, 0.6) is 11.5 Å². The van der Waals surface area contributed by atoms with Crippen LogP contribution in [0.2, 0.25) is 0 Å². The summed E-state index contributed by atoms with van der Waals surface area (Å²) in [5, 5.41) is 4.43. The quantitative estimate of drug-likeness (QED) is 0.212. The lowest BCUT2D eigenvalue weighted by atomic mass is 9.93. The largest absolute Gasteiger partial charge is 0.456 e. The van der Waals surface area contributed by atoms with E-state index in [0.29, 0.717) is 0 Å². The SMILES string of the molecule is CC1(C)Oc2cc(-c3ccc4oc5ccccc5c4c3)ccc2-c2cc(-c3cccc4oc5ccccc5c34)ccc2O1. The number of rotatable bonds is 2. The normalized spacial score (nSPS) is 13.9. The summed E-state index contributed by atoms with van der Waals surface area (Å²) in [6, 6.07) is 41.7. The molecule has 4 heteroatoms. The first-order valence-electron chi connectivity index (χ1n) is 14.5. The van der Waals surface area contributed by atoms with E-state index in [9.17, 15) is 0 Å². The molecule has 1 aliphatic rings. The summed E-state index contributed by atoms with van der Waals surface area (Å²) in [6.07, 6.45) is 0. The Morgan fingerprint density at radius 2 is 1.07 bits per heavy atom. The second-order valence-electron chi connectivity index (χ2n) is 11.6. The van der Waals surface area contributed by atoms with E-state index in [0.717, 1.165) is 88.8 Å². The van der Waals surface area contributed by atoms with Crippen LogP contribution in [0.15, 0.2) is 130 Å². The molecule has 0 radical (unpaired) electrons. The van der Waals surface area contributed by atoms with Gasteiger partial charge in [0, 0.05) is 46.5 Å². The molecule has 4 nitrogen and oxygen atoms in total. The summed E-state index contributed by atoms with van der Waals surface area (Å²) in [4.78, 5) is 0. The predicted molar refractivity (Wildman–Crippen MR) is 173 cm³/mol. The molecule has 0 bridgehead atoms. The van der Waals surface area contributed by atoms with Crippen molar-refractivity contribution in [3.8, 4) is 44.9 Å². The first-order chi connectivity index (χ1) is 21.0. The van der Waals surface area contributed by atoms with Crippen LogP contribution in [0.1, 0.15) is 13.8 Å². The zero-order valence-electron chi connectivity index (χ0n) is 23.7. The van der Waals surface area contributed by atoms with Crippen molar-refractivity contribution in [2.45, 2.75) is 19.6 Å². The molecule has 0 atom stereocenters. The molecule has 0 spiro atoms. The molecule has 6 aromatic carbocycles. The van der Waals surface area contributed by atoms with Gasteiger partial charge in [0.1, 0.15) is 33.8 Å². The van der Waals surface area contributed by atoms with Crippen LogP contribution in [0.25, 0.3) is 77.3 Å². The molecule has 0 fully saturated rings. The Kier molecular flexibility index (Phi) is 4.92. The number of fused-ring (bicyclic) bond motifs is 9. The fourth-order valence-corrected chi connectivity index (χ4v) is 6.48. The van der Waals surface area contributed by atoms with Crippen LogP contribution < -0.4 is 9.47 Å². The van der Waals surface area contributed by atoms with Crippen LogP contribution in [0.3, 0.4) is 0 Å². The molecular formula is C39H26O4. The van der Waals surface area contributed by atoms with E-state index < -0.39 is 5.79 Å². The number of para-hydroxylation sites is 2. The van der Waals surface area contributed by atoms with Gasteiger partial charge in [-0.2, -0.15) is 0 Å². The number of hydrogen-bond donors (Lipinski definition) is 0. The Hall–Kier alpha value is -5.48. The second-order valence-corrected chi connectivity index (χ2v) is 11.6. The highest BCUT2D eigenvalue weighted by Crippen LogP contribution is 2.47. The molecule has 0 saturated carbocycles. The Bertz CT molecular complexity index is 2390. The lowest BCUT2D eigenvalue weighted by molar-refractivity contribution is -0.0778. The molecule has 0 aliphatic carbocycles. The maximum Gasteiger partial charge on any atom is 0.245 e. The van der Waals surface area contributed by atoms with E-state index >= 15 is 0 Å². The second kappa shape index (κ2) is 8.76. The standard InChI is InChI=1S/C39H26O4/c1-39(2)42-35-19-16-25(26-10-7-13-36-38(26)29-9-4-6-12-33(29)41-36)21-31(35)28-17-14-24(22-37(28)43-39)23-15-18-34-30(20-23)27-8-3-5-11-32(27)40-34/h3-22H,1-2H3. The minimum Gasteiger partial charge on any atom is -0.456 e. The molecule has 9 rings (SSSR count). The molecule has 0 amide bonds. The highest BCUT2D eigenvalue weighted by molar-refractivity contribution is 6.12. The molecule has 0 N–H and O–H groups in total. The zero-order valence-corrected chi connectivity index (χ0v) is 23.7. The smallest absolute Gasteiger partial charge is 0.245 e. The van der Waals surface area contributed by atoms with E-state index in [2.05, 4.69) is 78.9 Å². The molecule has 1 aliphatic heterocycles. The van der Waals surface area contributed by atoms with Gasteiger partial charge in [0.05, 0.1) is 0 Å². The maximum absolute atomic E-state index is 6.54. The van der Waals surface area contributed by atoms with Gasteiger partial charge >= 0.3 is 0 Å². The molecular weight excluding hydrogens is 532 g/mol. The molecule has 3 heterocycles. The third kappa shape index (κ3) is 3.76. The van der Waals surface area contributed by atoms with Crippen LogP contribution in [-0.4, -0.2) is 5.79 Å². The Labute approximate surface area is 247 Å². The van der Waals surface area contributed by atoms with Gasteiger partial charge in [0.15, 0.2) is 0 Å². The van der Waals surface area contributed by atoms with Crippen LogP contribution in [0.4, 0.5) is 0 Å². The predicted octanol–water partition coefficient (Wildman–Crippen LogP) is 11.0. The van der Waals surface area contributed by atoms with Gasteiger partial charge in [-0.05, 0) is 76.9 Å². The number of ether oxygens (including phenoxy) is 2. The van der Waals surface area contributed by atoms with Crippen molar-refractivity contribution in [2.75, 3.05) is 0 Å². The minimum absolute atomic E-state index is 0.780. The number of furan rings is 2. The Balaban J connectivity index is 1.21. The molecule has 0 saturated heterocycles. The van der Waals surface area contributed by atoms with Crippen molar-refractivity contribution in [1.29, 1.82) is 0 Å². The average Bonchev–Trinajstić information content (AvgIpc) is 3.56. The van der Waals surface area contributed by atoms with E-state index in [4.69, 9.17) is 18.3 Å². The first kappa shape index (κ1) is 24.2. The van der Waals surface area contributed by atoms with E-state index in [1.54, 1.807) is 0 Å². The minimum atomic E-state index is -0.856. The topological polar surface area (TPSA) is 44.7 Å². The maximum atomic E-state index is 6.54. The summed E-state index contributed by atoms with van der Waals surface area (Å²) < 4.78 is 25.2. The zero-order chi connectivity index (χ0) is 28.7. The summed E-state index contributed by atoms with van der Waals surface area (Å²) in [6.45, 7) is 3.91. The van der Waals surface area contributed by atoms with Gasteiger partial charge in [0.25, 0.3) is 0 Å². The Morgan fingerprint density at radius 3 is 1.95 bits per heavy atom. The molecule has 206 valence electrons. The van der Waals surface area contributed by atoms with Gasteiger partial charge in [-0.1, -0.05) is 66.7 Å². The van der Waals surface area contributed by atoms with Gasteiger partial charge < -0.3 is 18.3 Å². The number of benzene rings is 6. The van der Waals surface area contributed by atoms with Gasteiger partial charge in [-0.3, -0.25) is 0 Å². The van der Waals surface area contributed by atoms with Gasteiger partial charge in [0.2, 0.25) is 5.79 Å². The van der Waals surface area contributed by atoms with Crippen LogP contribution in [0, 0.1) is 0 Å². The third-order valence-corrected chi connectivity index (χ3v) is 8.39. The average molecular weight is 559 g/mol. The Morgan fingerprint density at radius 1 is 0.419 bits per heavy atom. The summed E-state index contributed by atoms with van der Waals surface area (Å²) in [5.41, 5.74) is 9.89. The molecule has 43 heavy (non-hydrogen) atoms. The first-order valence-corrected chi connectivity index (χ1v) is 14.5. The summed E-state index contributed by atoms with van der Waals surface area (Å²) in [5.74, 6) is 0.712. The van der Waals surface area contributed by atoms with Crippen molar-refractivity contribution in [3.63, 3.8) is 0 Å². The molecule has 0 unspecified atom stereocenters. The van der Waals surface area contributed by atoms with Crippen molar-refractivity contribution in [3.05, 3.63) is 121 Å². The summed E-state index contributed by atoms with van der Waals surface area (Å²) >= 11 is 0. The monoisotopic (exact) mass is 558 g/mol. The van der Waals surface area contributed by atoms with Crippen molar-refractivity contribution in [1.82, 2.24) is 0 Å². The third-order valence-electron chi connectivity index (χ3n) is 8.39. The lowest BCUT2D eigenvalue weighted by Crippen LogP contribution is -2.34. The van der Waals surface area contributed by atoms with E-state index in [1.807, 2.05) is 56.3 Å². The van der Waals surface area contributed by atoms with Gasteiger partial charge in [-0.15, -0.1) is 0 Å². The van der Waals surface area contributed by atoms with E-state index in [1.165, 1.54) is 0 Å². The highest BCUT2D eigenvalue weighted by Gasteiger charge is 2.30. The van der Waals surface area contributed by atoms with Gasteiger partial charge in [-0.25, -0.2) is 0 Å². The van der Waals surface area contributed by atoms with Crippen molar-refractivity contribution < 1.29 is 18.3 Å². The number of hydrogen-bond acceptors (Lipinski definition) is 4.